The Morgan fingerprint density at radius 1 is 0.300 bits per heavy atom. The lowest BCUT2D eigenvalue weighted by Crippen LogP contribution is -2.62. The van der Waals surface area contributed by atoms with Gasteiger partial charge in [0.1, 0.15) is 23.0 Å². The van der Waals surface area contributed by atoms with Gasteiger partial charge < -0.3 is 19.3 Å². The summed E-state index contributed by atoms with van der Waals surface area (Å²) in [6, 6.07) is 64.6. The van der Waals surface area contributed by atoms with E-state index in [1.165, 1.54) is 85.7 Å². The van der Waals surface area contributed by atoms with Gasteiger partial charge in [-0.3, -0.25) is 0 Å². The number of aryl methyl sites for hydroxylation is 2. The summed E-state index contributed by atoms with van der Waals surface area (Å²) in [5.74, 6) is 3.40. The van der Waals surface area contributed by atoms with E-state index in [0.29, 0.717) is 0 Å². The van der Waals surface area contributed by atoms with Crippen molar-refractivity contribution in [3.63, 3.8) is 0 Å². The second-order valence-electron chi connectivity index (χ2n) is 26.9. The highest BCUT2D eigenvalue weighted by molar-refractivity contribution is 8.00. The molecule has 4 aliphatic rings. The van der Waals surface area contributed by atoms with Crippen molar-refractivity contribution in [2.45, 2.75) is 138 Å². The minimum absolute atomic E-state index is 0.0260. The van der Waals surface area contributed by atoms with E-state index in [1.54, 1.807) is 0 Å². The molecule has 9 aromatic carbocycles. The van der Waals surface area contributed by atoms with Gasteiger partial charge in [-0.2, -0.15) is 0 Å². The first-order valence-corrected chi connectivity index (χ1v) is 30.1. The summed E-state index contributed by atoms with van der Waals surface area (Å²) >= 11 is 3.73. The predicted octanol–water partition coefficient (Wildman–Crippen LogP) is 16.6. The van der Waals surface area contributed by atoms with E-state index in [2.05, 4.69) is 277 Å². The van der Waals surface area contributed by atoms with Gasteiger partial charge in [0.05, 0.1) is 11.4 Å². The third-order valence-electron chi connectivity index (χ3n) is 16.8. The summed E-state index contributed by atoms with van der Waals surface area (Å²) in [5, 5.41) is 0. The van der Waals surface area contributed by atoms with E-state index in [-0.39, 0.29) is 35.1 Å². The van der Waals surface area contributed by atoms with Crippen LogP contribution in [-0.2, 0) is 21.7 Å². The molecule has 0 saturated heterocycles. The van der Waals surface area contributed by atoms with E-state index in [1.807, 2.05) is 23.5 Å². The smallest absolute Gasteiger partial charge is 0.253 e. The lowest BCUT2D eigenvalue weighted by atomic mass is 9.32. The lowest BCUT2D eigenvalue weighted by molar-refractivity contribution is 0.464. The minimum atomic E-state index is -0.0489. The Labute approximate surface area is 484 Å². The van der Waals surface area contributed by atoms with Crippen LogP contribution in [0.5, 0.6) is 23.0 Å². The molecule has 80 heavy (non-hydrogen) atoms. The Morgan fingerprint density at radius 3 is 0.912 bits per heavy atom. The molecule has 0 radical (unpaired) electrons. The molecule has 0 atom stereocenters. The van der Waals surface area contributed by atoms with E-state index in [4.69, 9.17) is 9.47 Å². The van der Waals surface area contributed by atoms with E-state index < -0.39 is 0 Å². The molecule has 9 aromatic rings. The Bertz CT molecular complexity index is 3580. The van der Waals surface area contributed by atoms with Gasteiger partial charge in [0.15, 0.2) is 0 Å². The molecule has 0 amide bonds. The zero-order valence-electron chi connectivity index (χ0n) is 48.8. The molecule has 13 rings (SSSR count). The van der Waals surface area contributed by atoms with E-state index >= 15 is 0 Å². The maximum absolute atomic E-state index is 7.41. The monoisotopic (exact) mass is 1080 g/mol. The van der Waals surface area contributed by atoms with Crippen molar-refractivity contribution < 1.29 is 9.47 Å². The van der Waals surface area contributed by atoms with Crippen LogP contribution in [0.2, 0.25) is 0 Å². The highest BCUT2D eigenvalue weighted by Gasteiger charge is 2.45. The average molecular weight is 1080 g/mol. The van der Waals surface area contributed by atoms with Gasteiger partial charge in [-0.15, -0.1) is 0 Å². The molecule has 0 aliphatic carbocycles. The third kappa shape index (κ3) is 9.15. The molecule has 0 aromatic heterocycles. The summed E-state index contributed by atoms with van der Waals surface area (Å²) in [4.78, 5) is 9.79. The average Bonchev–Trinajstić information content (AvgIpc) is 3.56. The number of benzene rings is 9. The predicted molar refractivity (Wildman–Crippen MR) is 344 cm³/mol. The van der Waals surface area contributed by atoms with Crippen molar-refractivity contribution in [3.8, 4) is 23.0 Å². The molecule has 8 heteroatoms. The first kappa shape index (κ1) is 52.4. The van der Waals surface area contributed by atoms with Crippen LogP contribution in [0.25, 0.3) is 0 Å². The molecule has 398 valence electrons. The number of nitrogens with zero attached hydrogens (tertiary/aromatic N) is 2. The highest BCUT2D eigenvalue weighted by atomic mass is 32.2. The Balaban J connectivity index is 0.978. The van der Waals surface area contributed by atoms with E-state index in [0.717, 1.165) is 57.1 Å². The van der Waals surface area contributed by atoms with Gasteiger partial charge in [0, 0.05) is 60.5 Å². The van der Waals surface area contributed by atoms with Crippen molar-refractivity contribution in [1.29, 1.82) is 0 Å². The van der Waals surface area contributed by atoms with Crippen molar-refractivity contribution in [3.05, 3.63) is 203 Å². The Kier molecular flexibility index (Phi) is 12.3. The van der Waals surface area contributed by atoms with Gasteiger partial charge in [-0.1, -0.05) is 208 Å². The standard InChI is InChI=1S/C72H70B2N2O2S2/c1-43-15-33-55-63(35-43)79-65-39-53(75(49-25-17-45(18-26-49)69(3,4)5)50-27-19-46(20-28-50)70(6,7)8)37-61-67(65)73(55)57-41-58-60(42-59(57)77-61)78-62-38-54(40-66-68(62)74(58)56-34-16-44(2)36-64(56)80-66)76(51-29-21-47(22-30-51)71(9,10)11)52-31-23-48(24-32-52)72(12,13)14/h15-42H,1-14H3. The Hall–Kier alpha value is -6.99. The zero-order chi connectivity index (χ0) is 55.9. The summed E-state index contributed by atoms with van der Waals surface area (Å²) in [7, 11) is 0. The molecule has 0 spiro atoms. The molecule has 0 saturated carbocycles. The second kappa shape index (κ2) is 18.8. The van der Waals surface area contributed by atoms with Crippen molar-refractivity contribution in [2.75, 3.05) is 9.80 Å². The molecule has 4 heterocycles. The van der Waals surface area contributed by atoms with Crippen molar-refractivity contribution in [2.24, 2.45) is 0 Å². The number of hydrogen-bond acceptors (Lipinski definition) is 6. The van der Waals surface area contributed by atoms with E-state index in [9.17, 15) is 0 Å². The molecular formula is C72H70B2N2O2S2. The number of hydrogen-bond donors (Lipinski definition) is 0. The molecule has 0 fully saturated rings. The molecular weight excluding hydrogens is 1010 g/mol. The summed E-state index contributed by atoms with van der Waals surface area (Å²) in [5.41, 5.74) is 21.7. The fraction of sp³-hybridized carbons (Fsp3) is 0.250. The quantitative estimate of drug-likeness (QED) is 0.154. The van der Waals surface area contributed by atoms with Crippen LogP contribution in [-0.4, -0.2) is 13.4 Å². The number of rotatable bonds is 6. The molecule has 0 N–H and O–H groups in total. The number of fused-ring (bicyclic) bond motifs is 8. The van der Waals surface area contributed by atoms with Gasteiger partial charge in [0.2, 0.25) is 0 Å². The van der Waals surface area contributed by atoms with Gasteiger partial charge in [0.25, 0.3) is 13.4 Å². The Morgan fingerprint density at radius 2 is 0.613 bits per heavy atom. The van der Waals surface area contributed by atoms with Gasteiger partial charge in [-0.25, -0.2) is 0 Å². The van der Waals surface area contributed by atoms with Crippen LogP contribution in [0.1, 0.15) is 116 Å². The number of anilines is 6. The van der Waals surface area contributed by atoms with Gasteiger partial charge >= 0.3 is 0 Å². The zero-order valence-corrected chi connectivity index (χ0v) is 50.5. The fourth-order valence-electron chi connectivity index (χ4n) is 12.3. The number of ether oxygens (including phenoxy) is 2. The van der Waals surface area contributed by atoms with Crippen molar-refractivity contribution >= 4 is 104 Å². The summed E-state index contributed by atoms with van der Waals surface area (Å²) in [6.45, 7) is 31.7. The normalized spacial score (nSPS) is 13.9. The molecule has 4 nitrogen and oxygen atoms in total. The third-order valence-corrected chi connectivity index (χ3v) is 19.1. The summed E-state index contributed by atoms with van der Waals surface area (Å²) in [6.07, 6.45) is 0. The lowest BCUT2D eigenvalue weighted by Gasteiger charge is -2.38. The maximum Gasteiger partial charge on any atom is 0.253 e. The van der Waals surface area contributed by atoms with Crippen LogP contribution >= 0.6 is 23.5 Å². The molecule has 4 aliphatic heterocycles. The van der Waals surface area contributed by atoms with Gasteiger partial charge in [-0.05, 0) is 152 Å². The SMILES string of the molecule is Cc1ccc2c(c1)Sc1cc(N(c3ccc(C(C)(C)C)cc3)c3ccc(C(C)(C)C)cc3)cc3c1B2c1cc2c(cc1O3)Oc1cc(N(c3ccc(C(C)(C)C)cc3)c3ccc(C(C)(C)C)cc3)cc3c1B2c1ccc(C)cc1S3. The summed E-state index contributed by atoms with van der Waals surface area (Å²) < 4.78 is 14.8. The van der Waals surface area contributed by atoms with Crippen LogP contribution < -0.4 is 52.1 Å². The van der Waals surface area contributed by atoms with Crippen LogP contribution in [0, 0.1) is 13.8 Å². The fourth-order valence-corrected chi connectivity index (χ4v) is 14.9. The largest absolute Gasteiger partial charge is 0.458 e. The molecule has 0 bridgehead atoms. The van der Waals surface area contributed by atoms with Crippen LogP contribution in [0.15, 0.2) is 189 Å². The van der Waals surface area contributed by atoms with Crippen LogP contribution in [0.3, 0.4) is 0 Å². The second-order valence-corrected chi connectivity index (χ2v) is 29.0. The molecule has 0 unspecified atom stereocenters. The maximum atomic E-state index is 7.41. The first-order chi connectivity index (χ1) is 37.9. The van der Waals surface area contributed by atoms with Crippen LogP contribution in [0.4, 0.5) is 34.1 Å². The first-order valence-electron chi connectivity index (χ1n) is 28.4. The van der Waals surface area contributed by atoms with Crippen molar-refractivity contribution in [1.82, 2.24) is 0 Å². The highest BCUT2D eigenvalue weighted by Crippen LogP contribution is 2.48. The minimum Gasteiger partial charge on any atom is -0.458 e. The topological polar surface area (TPSA) is 24.9 Å².